The van der Waals surface area contributed by atoms with Crippen LogP contribution in [0.2, 0.25) is 0 Å². The van der Waals surface area contributed by atoms with Crippen LogP contribution in [0.25, 0.3) is 5.70 Å². The third-order valence-electron chi connectivity index (χ3n) is 4.05. The van der Waals surface area contributed by atoms with E-state index >= 15 is 0 Å². The first-order valence-corrected chi connectivity index (χ1v) is 7.80. The fourth-order valence-corrected chi connectivity index (χ4v) is 2.46. The molecule has 0 spiro atoms. The van der Waals surface area contributed by atoms with Gasteiger partial charge in [-0.05, 0) is 30.5 Å². The van der Waals surface area contributed by atoms with E-state index in [2.05, 4.69) is 19.2 Å². The molecular formula is C18H23N3O3. The molecule has 0 unspecified atom stereocenters. The summed E-state index contributed by atoms with van der Waals surface area (Å²) in [4.78, 5) is 24.3. The van der Waals surface area contributed by atoms with Gasteiger partial charge in [0.15, 0.2) is 0 Å². The van der Waals surface area contributed by atoms with Gasteiger partial charge >= 0.3 is 5.69 Å². The summed E-state index contributed by atoms with van der Waals surface area (Å²) in [6.45, 7) is 5.99. The fourth-order valence-electron chi connectivity index (χ4n) is 2.46. The quantitative estimate of drug-likeness (QED) is 0.903. The average Bonchev–Trinajstić information content (AvgIpc) is 2.57. The van der Waals surface area contributed by atoms with E-state index in [1.54, 1.807) is 13.0 Å². The molecule has 1 aromatic carbocycles. The van der Waals surface area contributed by atoms with E-state index < -0.39 is 11.2 Å². The second-order valence-corrected chi connectivity index (χ2v) is 6.01. The van der Waals surface area contributed by atoms with Crippen LogP contribution in [-0.2, 0) is 14.1 Å². The van der Waals surface area contributed by atoms with Crippen LogP contribution in [0.1, 0.15) is 37.8 Å². The molecule has 0 bridgehead atoms. The number of hydrogen-bond acceptors (Lipinski definition) is 4. The minimum atomic E-state index is -0.571. The van der Waals surface area contributed by atoms with Crippen LogP contribution < -0.4 is 16.6 Å². The van der Waals surface area contributed by atoms with Gasteiger partial charge in [-0.2, -0.15) is 0 Å². The third-order valence-corrected chi connectivity index (χ3v) is 4.05. The Bertz CT molecular complexity index is 887. The molecule has 2 N–H and O–H groups in total. The number of hydrogen-bond donors (Lipinski definition) is 2. The Morgan fingerprint density at radius 1 is 1.12 bits per heavy atom. The Labute approximate surface area is 140 Å². The number of aromatic nitrogens is 2. The highest BCUT2D eigenvalue weighted by Crippen LogP contribution is 2.23. The number of aromatic hydroxyl groups is 1. The molecule has 128 valence electrons. The smallest absolute Gasteiger partial charge is 0.333 e. The topological polar surface area (TPSA) is 76.3 Å². The molecule has 1 heterocycles. The lowest BCUT2D eigenvalue weighted by molar-refractivity contribution is 0.409. The largest absolute Gasteiger partial charge is 0.494 e. The van der Waals surface area contributed by atoms with E-state index in [4.69, 9.17) is 0 Å². The van der Waals surface area contributed by atoms with E-state index in [0.29, 0.717) is 11.6 Å². The van der Waals surface area contributed by atoms with Crippen LogP contribution in [0.15, 0.2) is 39.9 Å². The van der Waals surface area contributed by atoms with Crippen LogP contribution in [0.3, 0.4) is 0 Å². The summed E-state index contributed by atoms with van der Waals surface area (Å²) < 4.78 is 2.02. The molecule has 1 aromatic heterocycles. The van der Waals surface area contributed by atoms with Crippen LogP contribution in [0.5, 0.6) is 5.88 Å². The zero-order valence-corrected chi connectivity index (χ0v) is 14.6. The molecule has 0 saturated heterocycles. The highest BCUT2D eigenvalue weighted by Gasteiger charge is 2.18. The van der Waals surface area contributed by atoms with Crippen molar-refractivity contribution in [3.8, 4) is 5.88 Å². The van der Waals surface area contributed by atoms with Crippen molar-refractivity contribution in [2.24, 2.45) is 14.1 Å². The SMILES string of the molecule is C/C=C(\Nc1ccc(C(C)C)cc1)c1c(O)n(C)c(=O)n(C)c1=O. The van der Waals surface area contributed by atoms with Crippen molar-refractivity contribution in [2.75, 3.05) is 5.32 Å². The minimum absolute atomic E-state index is 0.0648. The Hall–Kier alpha value is -2.76. The maximum absolute atomic E-state index is 12.4. The average molecular weight is 329 g/mol. The van der Waals surface area contributed by atoms with Crippen molar-refractivity contribution in [3.63, 3.8) is 0 Å². The zero-order chi connectivity index (χ0) is 18.0. The van der Waals surface area contributed by atoms with E-state index in [1.807, 2.05) is 24.3 Å². The first kappa shape index (κ1) is 17.6. The number of benzene rings is 1. The Morgan fingerprint density at radius 2 is 1.71 bits per heavy atom. The maximum atomic E-state index is 12.4. The number of nitrogens with one attached hydrogen (secondary N) is 1. The van der Waals surface area contributed by atoms with E-state index in [-0.39, 0.29) is 11.4 Å². The number of allylic oxidation sites excluding steroid dienone is 1. The molecule has 0 radical (unpaired) electrons. The molecule has 6 nitrogen and oxygen atoms in total. The molecule has 0 aliphatic rings. The maximum Gasteiger partial charge on any atom is 0.333 e. The molecule has 24 heavy (non-hydrogen) atoms. The summed E-state index contributed by atoms with van der Waals surface area (Å²) in [5.74, 6) is 0.0720. The van der Waals surface area contributed by atoms with E-state index in [9.17, 15) is 14.7 Å². The summed E-state index contributed by atoms with van der Waals surface area (Å²) in [5.41, 5.74) is 1.40. The Balaban J connectivity index is 2.47. The number of anilines is 1. The highest BCUT2D eigenvalue weighted by atomic mass is 16.3. The molecule has 0 saturated carbocycles. The first-order chi connectivity index (χ1) is 11.3. The van der Waals surface area contributed by atoms with Crippen molar-refractivity contribution in [2.45, 2.75) is 26.7 Å². The zero-order valence-electron chi connectivity index (χ0n) is 14.6. The molecule has 0 aliphatic carbocycles. The van der Waals surface area contributed by atoms with Gasteiger partial charge in [-0.3, -0.25) is 13.9 Å². The van der Waals surface area contributed by atoms with Gasteiger partial charge in [0.25, 0.3) is 5.56 Å². The van der Waals surface area contributed by atoms with Crippen LogP contribution >= 0.6 is 0 Å². The molecule has 2 aromatic rings. The van der Waals surface area contributed by atoms with Gasteiger partial charge in [0.05, 0.1) is 5.70 Å². The normalized spacial score (nSPS) is 11.8. The molecule has 0 fully saturated rings. The summed E-state index contributed by atoms with van der Waals surface area (Å²) in [6.07, 6.45) is 1.69. The fraction of sp³-hybridized carbons (Fsp3) is 0.333. The second kappa shape index (κ2) is 6.78. The van der Waals surface area contributed by atoms with Gasteiger partial charge in [-0.25, -0.2) is 4.79 Å². The van der Waals surface area contributed by atoms with Crippen molar-refractivity contribution in [1.29, 1.82) is 0 Å². The lowest BCUT2D eigenvalue weighted by Crippen LogP contribution is -2.39. The van der Waals surface area contributed by atoms with Crippen LogP contribution in [-0.4, -0.2) is 14.2 Å². The van der Waals surface area contributed by atoms with Gasteiger partial charge in [0, 0.05) is 19.8 Å². The molecular weight excluding hydrogens is 306 g/mol. The van der Waals surface area contributed by atoms with Crippen LogP contribution in [0, 0.1) is 0 Å². The predicted octanol–water partition coefficient (Wildman–Crippen LogP) is 2.39. The molecule has 0 atom stereocenters. The van der Waals surface area contributed by atoms with Gasteiger partial charge in [-0.1, -0.05) is 32.1 Å². The standard InChI is InChI=1S/C18H23N3O3/c1-6-14(19-13-9-7-12(8-10-13)11(2)3)15-16(22)20(4)18(24)21(5)17(15)23/h6-11,19,22H,1-5H3/b14-6-. The first-order valence-electron chi connectivity index (χ1n) is 7.80. The van der Waals surface area contributed by atoms with Crippen molar-refractivity contribution >= 4 is 11.4 Å². The number of rotatable bonds is 4. The van der Waals surface area contributed by atoms with E-state index in [1.165, 1.54) is 19.7 Å². The Morgan fingerprint density at radius 3 is 2.21 bits per heavy atom. The summed E-state index contributed by atoms with van der Waals surface area (Å²) >= 11 is 0. The van der Waals surface area contributed by atoms with Gasteiger partial charge in [0.2, 0.25) is 5.88 Å². The number of nitrogens with zero attached hydrogens (tertiary/aromatic N) is 2. The second-order valence-electron chi connectivity index (χ2n) is 6.01. The van der Waals surface area contributed by atoms with E-state index in [0.717, 1.165) is 14.8 Å². The summed E-state index contributed by atoms with van der Waals surface area (Å²) in [7, 11) is 2.81. The molecule has 2 rings (SSSR count). The highest BCUT2D eigenvalue weighted by molar-refractivity contribution is 5.78. The minimum Gasteiger partial charge on any atom is -0.494 e. The lowest BCUT2D eigenvalue weighted by atomic mass is 10.0. The monoisotopic (exact) mass is 329 g/mol. The third kappa shape index (κ3) is 3.13. The molecule has 0 aliphatic heterocycles. The predicted molar refractivity (Wildman–Crippen MR) is 96.4 cm³/mol. The molecule has 0 amide bonds. The van der Waals surface area contributed by atoms with Crippen molar-refractivity contribution < 1.29 is 5.11 Å². The summed E-state index contributed by atoms with van der Waals surface area (Å²) in [6, 6.07) is 7.86. The van der Waals surface area contributed by atoms with Gasteiger partial charge in [0.1, 0.15) is 5.56 Å². The lowest BCUT2D eigenvalue weighted by Gasteiger charge is -2.15. The van der Waals surface area contributed by atoms with Crippen LogP contribution in [0.4, 0.5) is 5.69 Å². The van der Waals surface area contributed by atoms with Crippen molar-refractivity contribution in [1.82, 2.24) is 9.13 Å². The van der Waals surface area contributed by atoms with Crippen molar-refractivity contribution in [3.05, 3.63) is 62.3 Å². The molecule has 6 heteroatoms. The van der Waals surface area contributed by atoms with Gasteiger partial charge in [-0.15, -0.1) is 0 Å². The summed E-state index contributed by atoms with van der Waals surface area (Å²) in [5, 5.41) is 13.4. The van der Waals surface area contributed by atoms with Gasteiger partial charge < -0.3 is 10.4 Å². The Kier molecular flexibility index (Phi) is 4.97.